The van der Waals surface area contributed by atoms with Crippen molar-refractivity contribution in [3.63, 3.8) is 0 Å². The number of methoxy groups -OCH3 is 1. The molecule has 32 heavy (non-hydrogen) atoms. The summed E-state index contributed by atoms with van der Waals surface area (Å²) in [7, 11) is 3.37. The minimum Gasteiger partial charge on any atom is -0.493 e. The first-order valence-electron chi connectivity index (χ1n) is 10.2. The average molecular weight is 452 g/mol. The highest BCUT2D eigenvalue weighted by atomic mass is 32.2. The minimum atomic E-state index is -0.416. The van der Waals surface area contributed by atoms with E-state index in [-0.39, 0.29) is 17.9 Å². The normalized spacial score (nSPS) is 15.1. The molecule has 0 spiro atoms. The number of amides is 1. The molecule has 1 aliphatic rings. The van der Waals surface area contributed by atoms with Gasteiger partial charge in [0, 0.05) is 19.4 Å². The van der Waals surface area contributed by atoms with Crippen molar-refractivity contribution < 1.29 is 14.3 Å². The van der Waals surface area contributed by atoms with Gasteiger partial charge in [-0.05, 0) is 36.4 Å². The highest BCUT2D eigenvalue weighted by Gasteiger charge is 2.32. The van der Waals surface area contributed by atoms with Crippen molar-refractivity contribution in [2.45, 2.75) is 31.0 Å². The Morgan fingerprint density at radius 2 is 1.91 bits per heavy atom. The average Bonchev–Trinajstić information content (AvgIpc) is 2.80. The van der Waals surface area contributed by atoms with Crippen LogP contribution >= 0.6 is 11.8 Å². The lowest BCUT2D eigenvalue weighted by Crippen LogP contribution is -2.33. The van der Waals surface area contributed by atoms with Crippen LogP contribution in [-0.2, 0) is 18.4 Å². The second-order valence-corrected chi connectivity index (χ2v) is 8.49. The fourth-order valence-electron chi connectivity index (χ4n) is 3.87. The molecule has 1 amide bonds. The number of carbonyl (C=O) groups is 1. The molecule has 0 bridgehead atoms. The molecule has 1 unspecified atom stereocenters. The summed E-state index contributed by atoms with van der Waals surface area (Å²) in [6.45, 7) is 2.45. The molecule has 1 aromatic heterocycles. The van der Waals surface area contributed by atoms with Crippen LogP contribution in [-0.4, -0.2) is 28.8 Å². The first-order valence-corrected chi connectivity index (χ1v) is 11.4. The number of anilines is 1. The lowest BCUT2D eigenvalue weighted by Gasteiger charge is -2.27. The van der Waals surface area contributed by atoms with E-state index in [0.29, 0.717) is 34.6 Å². The molecule has 0 radical (unpaired) electrons. The molecule has 8 heteroatoms. The third kappa shape index (κ3) is 4.23. The summed E-state index contributed by atoms with van der Waals surface area (Å²) in [5.74, 6) is 1.08. The zero-order valence-corrected chi connectivity index (χ0v) is 19.3. The second kappa shape index (κ2) is 9.08. The maximum atomic E-state index is 12.8. The van der Waals surface area contributed by atoms with Crippen molar-refractivity contribution in [2.24, 2.45) is 7.05 Å². The third-order valence-corrected chi connectivity index (χ3v) is 6.32. The number of aryl methyl sites for hydroxylation is 1. The monoisotopic (exact) mass is 451 g/mol. The van der Waals surface area contributed by atoms with Gasteiger partial charge in [-0.2, -0.15) is 4.98 Å². The van der Waals surface area contributed by atoms with Crippen LogP contribution in [0.5, 0.6) is 11.5 Å². The Kier molecular flexibility index (Phi) is 6.23. The summed E-state index contributed by atoms with van der Waals surface area (Å²) < 4.78 is 13.3. The summed E-state index contributed by atoms with van der Waals surface area (Å²) in [5, 5.41) is 3.39. The van der Waals surface area contributed by atoms with E-state index < -0.39 is 5.92 Å². The molecule has 0 fully saturated rings. The molecule has 166 valence electrons. The smallest absolute Gasteiger partial charge is 0.279 e. The van der Waals surface area contributed by atoms with Gasteiger partial charge in [0.05, 0.1) is 12.7 Å². The van der Waals surface area contributed by atoms with Gasteiger partial charge in [0.2, 0.25) is 5.91 Å². The van der Waals surface area contributed by atoms with Crippen molar-refractivity contribution >= 4 is 23.5 Å². The van der Waals surface area contributed by atoms with Crippen molar-refractivity contribution in [3.8, 4) is 11.5 Å². The zero-order chi connectivity index (χ0) is 22.8. The Labute approximate surface area is 190 Å². The van der Waals surface area contributed by atoms with Crippen LogP contribution in [0.4, 0.5) is 5.82 Å². The first-order chi connectivity index (χ1) is 15.4. The Balaban J connectivity index is 1.67. The van der Waals surface area contributed by atoms with Gasteiger partial charge in [-0.15, -0.1) is 0 Å². The van der Waals surface area contributed by atoms with Gasteiger partial charge in [-0.1, -0.05) is 47.7 Å². The van der Waals surface area contributed by atoms with Gasteiger partial charge in [0.1, 0.15) is 12.4 Å². The van der Waals surface area contributed by atoms with E-state index in [1.165, 1.54) is 17.3 Å². The van der Waals surface area contributed by atoms with E-state index in [1.54, 1.807) is 18.7 Å². The number of nitrogens with zero attached hydrogens (tertiary/aromatic N) is 2. The molecule has 1 atom stereocenters. The van der Waals surface area contributed by atoms with Crippen molar-refractivity contribution in [3.05, 3.63) is 75.1 Å². The molecule has 0 saturated carbocycles. The molecule has 2 aromatic carbocycles. The van der Waals surface area contributed by atoms with E-state index in [2.05, 4.69) is 10.3 Å². The number of benzene rings is 2. The number of aromatic nitrogens is 2. The van der Waals surface area contributed by atoms with Crippen LogP contribution in [0.1, 0.15) is 34.6 Å². The Bertz CT molecular complexity index is 1220. The van der Waals surface area contributed by atoms with E-state index in [4.69, 9.17) is 9.47 Å². The Hall–Kier alpha value is -3.26. The molecule has 3 aromatic rings. The third-order valence-electron chi connectivity index (χ3n) is 5.59. The fourth-order valence-corrected chi connectivity index (χ4v) is 4.41. The maximum Gasteiger partial charge on any atom is 0.279 e. The predicted molar refractivity (Wildman–Crippen MR) is 125 cm³/mol. The van der Waals surface area contributed by atoms with E-state index in [1.807, 2.05) is 55.6 Å². The molecule has 1 aliphatic heterocycles. The quantitative estimate of drug-likeness (QED) is 0.453. The number of hydrogen-bond donors (Lipinski definition) is 1. The Morgan fingerprint density at radius 1 is 1.16 bits per heavy atom. The van der Waals surface area contributed by atoms with Gasteiger partial charge in [-0.3, -0.25) is 9.59 Å². The highest BCUT2D eigenvalue weighted by Crippen LogP contribution is 2.39. The van der Waals surface area contributed by atoms with Crippen LogP contribution in [0.25, 0.3) is 0 Å². The van der Waals surface area contributed by atoms with Crippen LogP contribution in [0.15, 0.2) is 52.4 Å². The Morgan fingerprint density at radius 3 is 2.59 bits per heavy atom. The maximum absolute atomic E-state index is 12.8. The summed E-state index contributed by atoms with van der Waals surface area (Å²) in [6, 6.07) is 13.7. The number of ether oxygens (including phenoxy) is 2. The van der Waals surface area contributed by atoms with Gasteiger partial charge in [0.15, 0.2) is 16.7 Å². The summed E-state index contributed by atoms with van der Waals surface area (Å²) in [5.41, 5.74) is 3.21. The fraction of sp³-hybridized carbons (Fsp3) is 0.292. The lowest BCUT2D eigenvalue weighted by molar-refractivity contribution is -0.116. The van der Waals surface area contributed by atoms with Crippen molar-refractivity contribution in [1.29, 1.82) is 0 Å². The van der Waals surface area contributed by atoms with Crippen molar-refractivity contribution in [2.75, 3.05) is 18.7 Å². The topological polar surface area (TPSA) is 82.5 Å². The predicted octanol–water partition coefficient (Wildman–Crippen LogP) is 3.87. The summed E-state index contributed by atoms with van der Waals surface area (Å²) in [6.07, 6.45) is 2.01. The van der Waals surface area contributed by atoms with Crippen LogP contribution in [0.3, 0.4) is 0 Å². The second-order valence-electron chi connectivity index (χ2n) is 7.71. The highest BCUT2D eigenvalue weighted by molar-refractivity contribution is 7.98. The van der Waals surface area contributed by atoms with Crippen LogP contribution < -0.4 is 20.3 Å². The minimum absolute atomic E-state index is 0.144. The number of hydrogen-bond acceptors (Lipinski definition) is 6. The molecule has 7 nitrogen and oxygen atoms in total. The van der Waals surface area contributed by atoms with Gasteiger partial charge in [-0.25, -0.2) is 0 Å². The molecule has 1 N–H and O–H groups in total. The first kappa shape index (κ1) is 22.0. The number of nitrogens with one attached hydrogen (secondary N) is 1. The van der Waals surface area contributed by atoms with Crippen LogP contribution in [0, 0.1) is 6.92 Å². The number of fused-ring (bicyclic) bond motifs is 1. The molecule has 0 saturated heterocycles. The van der Waals surface area contributed by atoms with Gasteiger partial charge < -0.3 is 19.4 Å². The molecule has 2 heterocycles. The van der Waals surface area contributed by atoms with E-state index in [9.17, 15) is 9.59 Å². The standard InChI is InChI=1S/C24H25N3O4S/c1-14-5-7-15(8-6-14)13-31-18-10-9-16(11-19(18)30-3)17-12-20(28)25-22-21(17)23(29)26-24(32-4)27(22)2/h5-11,17H,12-13H2,1-4H3,(H,25,28). The molecular formula is C24H25N3O4S. The van der Waals surface area contributed by atoms with E-state index in [0.717, 1.165) is 11.1 Å². The SMILES string of the molecule is COc1cc(C2CC(=O)Nc3c2c(=O)nc(SC)n3C)ccc1OCc1ccc(C)cc1. The molecule has 4 rings (SSSR count). The number of thioether (sulfide) groups is 1. The molecular weight excluding hydrogens is 426 g/mol. The molecule has 0 aliphatic carbocycles. The summed E-state index contributed by atoms with van der Waals surface area (Å²) in [4.78, 5) is 29.5. The van der Waals surface area contributed by atoms with E-state index >= 15 is 0 Å². The number of rotatable bonds is 6. The summed E-state index contributed by atoms with van der Waals surface area (Å²) >= 11 is 1.36. The lowest BCUT2D eigenvalue weighted by atomic mass is 9.86. The van der Waals surface area contributed by atoms with Crippen LogP contribution in [0.2, 0.25) is 0 Å². The van der Waals surface area contributed by atoms with Gasteiger partial charge >= 0.3 is 0 Å². The van der Waals surface area contributed by atoms with Gasteiger partial charge in [0.25, 0.3) is 5.56 Å². The number of carbonyl (C=O) groups excluding carboxylic acids is 1. The zero-order valence-electron chi connectivity index (χ0n) is 18.5. The largest absolute Gasteiger partial charge is 0.493 e. The van der Waals surface area contributed by atoms with Crippen molar-refractivity contribution in [1.82, 2.24) is 9.55 Å².